The van der Waals surface area contributed by atoms with E-state index in [1.807, 2.05) is 6.92 Å². The summed E-state index contributed by atoms with van der Waals surface area (Å²) in [6.07, 6.45) is 2.51. The van der Waals surface area contributed by atoms with Crippen LogP contribution in [-0.4, -0.2) is 37.6 Å². The van der Waals surface area contributed by atoms with Crippen molar-refractivity contribution in [2.75, 3.05) is 25.1 Å². The van der Waals surface area contributed by atoms with Gasteiger partial charge in [-0.2, -0.15) is 0 Å². The lowest BCUT2D eigenvalue weighted by atomic mass is 9.92. The van der Waals surface area contributed by atoms with Crippen molar-refractivity contribution in [3.63, 3.8) is 0 Å². The number of benzene rings is 1. The minimum Gasteiger partial charge on any atom is -0.381 e. The average Bonchev–Trinajstić information content (AvgIpc) is 2.60. The van der Waals surface area contributed by atoms with Gasteiger partial charge in [-0.25, -0.2) is 0 Å². The number of nitrogens with one attached hydrogen (secondary N) is 2. The summed E-state index contributed by atoms with van der Waals surface area (Å²) in [6, 6.07) is 6.29. The monoisotopic (exact) mass is 355 g/mol. The third-order valence-corrected chi connectivity index (χ3v) is 4.03. The number of nitrogens with two attached hydrogens (primary N) is 1. The zero-order valence-corrected chi connectivity index (χ0v) is 14.7. The second kappa shape index (κ2) is 10.3. The molecule has 1 aliphatic heterocycles. The van der Waals surface area contributed by atoms with Gasteiger partial charge >= 0.3 is 0 Å². The van der Waals surface area contributed by atoms with Crippen LogP contribution in [0.1, 0.15) is 36.5 Å². The van der Waals surface area contributed by atoms with Crippen LogP contribution in [-0.2, 0) is 9.53 Å². The standard InChI is InChI=1S/C17H25N3O3.ClH/c1-2-9-19-16(21)13-3-5-14(6-4-13)20-17(22)15(18)12-7-10-23-11-8-12;/h3-6,12,15H,2,7-11,18H2,1H3,(H,19,21)(H,20,22);1H. The minimum absolute atomic E-state index is 0. The number of carbonyl (C=O) groups excluding carboxylic acids is 2. The second-order valence-electron chi connectivity index (χ2n) is 5.80. The van der Waals surface area contributed by atoms with Gasteiger partial charge in [0.15, 0.2) is 0 Å². The van der Waals surface area contributed by atoms with Crippen LogP contribution in [0.4, 0.5) is 5.69 Å². The van der Waals surface area contributed by atoms with Gasteiger partial charge in [-0.05, 0) is 49.4 Å². The number of rotatable bonds is 6. The highest BCUT2D eigenvalue weighted by molar-refractivity contribution is 5.97. The number of hydrogen-bond donors (Lipinski definition) is 3. The smallest absolute Gasteiger partial charge is 0.251 e. The Balaban J connectivity index is 0.00000288. The molecule has 0 spiro atoms. The van der Waals surface area contributed by atoms with Crippen LogP contribution in [0, 0.1) is 5.92 Å². The normalized spacial score (nSPS) is 15.9. The molecular weight excluding hydrogens is 330 g/mol. The maximum atomic E-state index is 12.2. The molecular formula is C17H26ClN3O3. The summed E-state index contributed by atoms with van der Waals surface area (Å²) in [6.45, 7) is 3.97. The number of anilines is 1. The van der Waals surface area contributed by atoms with Gasteiger partial charge < -0.3 is 21.1 Å². The lowest BCUT2D eigenvalue weighted by Gasteiger charge is -2.26. The molecule has 7 heteroatoms. The largest absolute Gasteiger partial charge is 0.381 e. The predicted octanol–water partition coefficient (Wildman–Crippen LogP) is 1.94. The molecule has 1 atom stereocenters. The molecule has 6 nitrogen and oxygen atoms in total. The molecule has 0 bridgehead atoms. The topological polar surface area (TPSA) is 93.5 Å². The molecule has 24 heavy (non-hydrogen) atoms. The van der Waals surface area contributed by atoms with E-state index in [-0.39, 0.29) is 30.1 Å². The Hall–Kier alpha value is -1.63. The molecule has 0 radical (unpaired) electrons. The Morgan fingerprint density at radius 3 is 2.46 bits per heavy atom. The van der Waals surface area contributed by atoms with E-state index in [2.05, 4.69) is 10.6 Å². The van der Waals surface area contributed by atoms with Crippen molar-refractivity contribution in [3.8, 4) is 0 Å². The molecule has 1 aromatic carbocycles. The molecule has 134 valence electrons. The second-order valence-corrected chi connectivity index (χ2v) is 5.80. The Morgan fingerprint density at radius 2 is 1.88 bits per heavy atom. The summed E-state index contributed by atoms with van der Waals surface area (Å²) >= 11 is 0. The van der Waals surface area contributed by atoms with Crippen molar-refractivity contribution < 1.29 is 14.3 Å². The van der Waals surface area contributed by atoms with Gasteiger partial charge in [0.05, 0.1) is 6.04 Å². The van der Waals surface area contributed by atoms with Crippen molar-refractivity contribution >= 4 is 29.9 Å². The van der Waals surface area contributed by atoms with E-state index in [4.69, 9.17) is 10.5 Å². The van der Waals surface area contributed by atoms with E-state index in [0.29, 0.717) is 31.0 Å². The molecule has 1 aliphatic rings. The molecule has 2 rings (SSSR count). The Labute approximate surface area is 148 Å². The highest BCUT2D eigenvalue weighted by atomic mass is 35.5. The lowest BCUT2D eigenvalue weighted by molar-refractivity contribution is -0.119. The van der Waals surface area contributed by atoms with Crippen molar-refractivity contribution in [2.24, 2.45) is 11.7 Å². The Bertz CT molecular complexity index is 530. The number of amides is 2. The maximum absolute atomic E-state index is 12.2. The molecule has 0 aliphatic carbocycles. The van der Waals surface area contributed by atoms with Crippen molar-refractivity contribution in [2.45, 2.75) is 32.2 Å². The molecule has 0 aromatic heterocycles. The fraction of sp³-hybridized carbons (Fsp3) is 0.529. The van der Waals surface area contributed by atoms with Crippen LogP contribution in [0.15, 0.2) is 24.3 Å². The summed E-state index contributed by atoms with van der Waals surface area (Å²) in [5.41, 5.74) is 7.26. The quantitative estimate of drug-likeness (QED) is 0.727. The van der Waals surface area contributed by atoms with E-state index in [9.17, 15) is 9.59 Å². The van der Waals surface area contributed by atoms with Crippen molar-refractivity contribution in [1.82, 2.24) is 5.32 Å². The molecule has 1 aromatic rings. The fourth-order valence-corrected chi connectivity index (χ4v) is 2.56. The lowest BCUT2D eigenvalue weighted by Crippen LogP contribution is -2.44. The van der Waals surface area contributed by atoms with Crippen LogP contribution in [0.5, 0.6) is 0 Å². The SMILES string of the molecule is CCCNC(=O)c1ccc(NC(=O)C(N)C2CCOCC2)cc1.Cl. The third-order valence-electron chi connectivity index (χ3n) is 4.03. The van der Waals surface area contributed by atoms with E-state index < -0.39 is 6.04 Å². The summed E-state index contributed by atoms with van der Waals surface area (Å²) in [5.74, 6) is -0.147. The first-order valence-corrected chi connectivity index (χ1v) is 8.14. The minimum atomic E-state index is -0.536. The van der Waals surface area contributed by atoms with Gasteiger partial charge in [0.25, 0.3) is 5.91 Å². The Kier molecular flexibility index (Phi) is 8.74. The zero-order chi connectivity index (χ0) is 16.7. The highest BCUT2D eigenvalue weighted by Crippen LogP contribution is 2.19. The summed E-state index contributed by atoms with van der Waals surface area (Å²) in [5, 5.41) is 5.62. The summed E-state index contributed by atoms with van der Waals surface area (Å²) in [4.78, 5) is 24.0. The van der Waals surface area contributed by atoms with E-state index >= 15 is 0 Å². The molecule has 4 N–H and O–H groups in total. The summed E-state index contributed by atoms with van der Waals surface area (Å²) < 4.78 is 5.29. The number of halogens is 1. The van der Waals surface area contributed by atoms with Crippen LogP contribution in [0.25, 0.3) is 0 Å². The highest BCUT2D eigenvalue weighted by Gasteiger charge is 2.26. The molecule has 1 saturated heterocycles. The van der Waals surface area contributed by atoms with Gasteiger partial charge in [0.2, 0.25) is 5.91 Å². The van der Waals surface area contributed by atoms with Gasteiger partial charge in [-0.15, -0.1) is 12.4 Å². The number of carbonyl (C=O) groups is 2. The van der Waals surface area contributed by atoms with Gasteiger partial charge in [-0.3, -0.25) is 9.59 Å². The van der Waals surface area contributed by atoms with Gasteiger partial charge in [-0.1, -0.05) is 6.92 Å². The van der Waals surface area contributed by atoms with Crippen LogP contribution >= 0.6 is 12.4 Å². The number of ether oxygens (including phenoxy) is 1. The maximum Gasteiger partial charge on any atom is 0.251 e. The first kappa shape index (κ1) is 20.4. The fourth-order valence-electron chi connectivity index (χ4n) is 2.56. The van der Waals surface area contributed by atoms with Crippen LogP contribution < -0.4 is 16.4 Å². The Morgan fingerprint density at radius 1 is 1.25 bits per heavy atom. The summed E-state index contributed by atoms with van der Waals surface area (Å²) in [7, 11) is 0. The third kappa shape index (κ3) is 5.78. The molecule has 1 heterocycles. The van der Waals surface area contributed by atoms with Gasteiger partial charge in [0.1, 0.15) is 0 Å². The first-order valence-electron chi connectivity index (χ1n) is 8.14. The molecule has 1 fully saturated rings. The molecule has 0 saturated carbocycles. The molecule has 1 unspecified atom stereocenters. The van der Waals surface area contributed by atoms with E-state index in [1.165, 1.54) is 0 Å². The van der Waals surface area contributed by atoms with Crippen molar-refractivity contribution in [1.29, 1.82) is 0 Å². The van der Waals surface area contributed by atoms with Crippen LogP contribution in [0.2, 0.25) is 0 Å². The average molecular weight is 356 g/mol. The number of hydrogen-bond acceptors (Lipinski definition) is 4. The van der Waals surface area contributed by atoms with Gasteiger partial charge in [0, 0.05) is 31.0 Å². The van der Waals surface area contributed by atoms with E-state index in [0.717, 1.165) is 19.3 Å². The first-order chi connectivity index (χ1) is 11.1. The van der Waals surface area contributed by atoms with Crippen molar-refractivity contribution in [3.05, 3.63) is 29.8 Å². The zero-order valence-electron chi connectivity index (χ0n) is 13.9. The van der Waals surface area contributed by atoms with E-state index in [1.54, 1.807) is 24.3 Å². The molecule has 2 amide bonds. The van der Waals surface area contributed by atoms with Crippen LogP contribution in [0.3, 0.4) is 0 Å². The predicted molar refractivity (Wildman–Crippen MR) is 96.5 cm³/mol.